The van der Waals surface area contributed by atoms with E-state index in [0.717, 1.165) is 0 Å². The van der Waals surface area contributed by atoms with Gasteiger partial charge >= 0.3 is 5.97 Å². The number of benzene rings is 1. The van der Waals surface area contributed by atoms with Crippen LogP contribution in [0.3, 0.4) is 0 Å². The van der Waals surface area contributed by atoms with Crippen molar-refractivity contribution >= 4 is 23.5 Å². The van der Waals surface area contributed by atoms with Crippen LogP contribution in [0.1, 0.15) is 6.92 Å². The maximum absolute atomic E-state index is 11.2. The molecule has 0 aliphatic heterocycles. The number of ether oxygens (including phenoxy) is 1. The Morgan fingerprint density at radius 2 is 2.00 bits per heavy atom. The summed E-state index contributed by atoms with van der Waals surface area (Å²) in [6.45, 7) is 1.18. The molecule has 1 amide bonds. The van der Waals surface area contributed by atoms with E-state index in [4.69, 9.17) is 21.4 Å². The molecule has 0 saturated heterocycles. The average molecular weight is 272 g/mol. The van der Waals surface area contributed by atoms with Crippen LogP contribution in [-0.2, 0) is 9.59 Å². The van der Waals surface area contributed by atoms with Crippen LogP contribution in [0.5, 0.6) is 5.75 Å². The predicted octanol–water partition coefficient (Wildman–Crippen LogP) is 1.26. The maximum atomic E-state index is 11.2. The number of amides is 1. The summed E-state index contributed by atoms with van der Waals surface area (Å²) in [4.78, 5) is 22.3. The number of rotatable bonds is 6. The molecule has 2 N–H and O–H groups in total. The molecule has 1 atom stereocenters. The topological polar surface area (TPSA) is 75.6 Å². The van der Waals surface area contributed by atoms with E-state index in [1.165, 1.54) is 6.92 Å². The predicted molar refractivity (Wildman–Crippen MR) is 66.8 cm³/mol. The van der Waals surface area contributed by atoms with E-state index in [9.17, 15) is 9.59 Å². The van der Waals surface area contributed by atoms with Gasteiger partial charge in [-0.25, -0.2) is 4.79 Å². The first-order valence-electron chi connectivity index (χ1n) is 5.26. The zero-order valence-electron chi connectivity index (χ0n) is 9.85. The summed E-state index contributed by atoms with van der Waals surface area (Å²) in [5.41, 5.74) is -1.51. The fourth-order valence-electron chi connectivity index (χ4n) is 1.24. The SMILES string of the molecule is CC(COc1ccccc1)(NC(=O)CCl)C(=O)O. The second-order valence-electron chi connectivity index (χ2n) is 3.92. The third kappa shape index (κ3) is 3.92. The summed E-state index contributed by atoms with van der Waals surface area (Å²) in [6.07, 6.45) is 0. The van der Waals surface area contributed by atoms with Crippen molar-refractivity contribution in [1.82, 2.24) is 5.32 Å². The fourth-order valence-corrected chi connectivity index (χ4v) is 1.30. The minimum atomic E-state index is -1.51. The third-order valence-electron chi connectivity index (χ3n) is 2.28. The Kier molecular flexibility index (Phi) is 4.97. The van der Waals surface area contributed by atoms with Crippen molar-refractivity contribution in [3.8, 4) is 5.75 Å². The van der Waals surface area contributed by atoms with Crippen LogP contribution in [0.15, 0.2) is 30.3 Å². The van der Waals surface area contributed by atoms with Gasteiger partial charge in [0.05, 0.1) is 0 Å². The highest BCUT2D eigenvalue weighted by molar-refractivity contribution is 6.27. The number of aliphatic carboxylic acids is 1. The summed E-state index contributed by atoms with van der Waals surface area (Å²) in [5, 5.41) is 11.4. The molecule has 0 heterocycles. The summed E-state index contributed by atoms with van der Waals surface area (Å²) < 4.78 is 5.34. The number of hydrogen-bond donors (Lipinski definition) is 2. The smallest absolute Gasteiger partial charge is 0.332 e. The number of carbonyl (C=O) groups excluding carboxylic acids is 1. The zero-order valence-corrected chi connectivity index (χ0v) is 10.6. The number of carbonyl (C=O) groups is 2. The Morgan fingerprint density at radius 1 is 1.39 bits per heavy atom. The molecule has 18 heavy (non-hydrogen) atoms. The van der Waals surface area contributed by atoms with Gasteiger partial charge in [0, 0.05) is 0 Å². The van der Waals surface area contributed by atoms with Crippen molar-refractivity contribution < 1.29 is 19.4 Å². The van der Waals surface area contributed by atoms with Crippen LogP contribution >= 0.6 is 11.6 Å². The molecule has 0 saturated carbocycles. The molecule has 98 valence electrons. The number of hydrogen-bond acceptors (Lipinski definition) is 3. The summed E-state index contributed by atoms with van der Waals surface area (Å²) in [5.74, 6) is -1.51. The Morgan fingerprint density at radius 3 is 2.50 bits per heavy atom. The summed E-state index contributed by atoms with van der Waals surface area (Å²) in [6, 6.07) is 8.76. The fraction of sp³-hybridized carbons (Fsp3) is 0.333. The lowest BCUT2D eigenvalue weighted by atomic mass is 10.0. The highest BCUT2D eigenvalue weighted by atomic mass is 35.5. The molecule has 1 aromatic rings. The van der Waals surface area contributed by atoms with Crippen molar-refractivity contribution in [3.05, 3.63) is 30.3 Å². The number of halogens is 1. The Bertz CT molecular complexity index is 423. The van der Waals surface area contributed by atoms with E-state index < -0.39 is 17.4 Å². The van der Waals surface area contributed by atoms with E-state index in [2.05, 4.69) is 5.32 Å². The van der Waals surface area contributed by atoms with Crippen molar-refractivity contribution in [2.45, 2.75) is 12.5 Å². The molecule has 0 radical (unpaired) electrons. The van der Waals surface area contributed by atoms with Crippen LogP contribution in [0, 0.1) is 0 Å². The van der Waals surface area contributed by atoms with Gasteiger partial charge in [-0.3, -0.25) is 4.79 Å². The average Bonchev–Trinajstić information content (AvgIpc) is 2.37. The Labute approximate surface area is 110 Å². The van der Waals surface area contributed by atoms with Crippen LogP contribution in [0.25, 0.3) is 0 Å². The number of carboxylic acids is 1. The summed E-state index contributed by atoms with van der Waals surface area (Å²) >= 11 is 5.33. The van der Waals surface area contributed by atoms with Gasteiger partial charge in [0.1, 0.15) is 18.2 Å². The minimum Gasteiger partial charge on any atom is -0.491 e. The highest BCUT2D eigenvalue weighted by Crippen LogP contribution is 2.12. The first-order valence-corrected chi connectivity index (χ1v) is 5.79. The van der Waals surface area contributed by atoms with Gasteiger partial charge < -0.3 is 15.2 Å². The standard InChI is InChI=1S/C12H14ClNO4/c1-12(11(16)17,14-10(15)7-13)8-18-9-5-3-2-4-6-9/h2-6H,7-8H2,1H3,(H,14,15)(H,16,17). The second-order valence-corrected chi connectivity index (χ2v) is 4.19. The van der Waals surface area contributed by atoms with E-state index in [-0.39, 0.29) is 12.5 Å². The van der Waals surface area contributed by atoms with E-state index in [1.54, 1.807) is 24.3 Å². The molecular formula is C12H14ClNO4. The lowest BCUT2D eigenvalue weighted by Gasteiger charge is -2.25. The van der Waals surface area contributed by atoms with Gasteiger partial charge in [0.2, 0.25) is 5.91 Å². The lowest BCUT2D eigenvalue weighted by molar-refractivity contribution is -0.147. The van der Waals surface area contributed by atoms with E-state index in [0.29, 0.717) is 5.75 Å². The van der Waals surface area contributed by atoms with Crippen LogP contribution in [-0.4, -0.2) is 35.0 Å². The van der Waals surface area contributed by atoms with Gasteiger partial charge in [0.15, 0.2) is 5.54 Å². The van der Waals surface area contributed by atoms with Crippen molar-refractivity contribution in [2.75, 3.05) is 12.5 Å². The van der Waals surface area contributed by atoms with E-state index in [1.807, 2.05) is 6.07 Å². The van der Waals surface area contributed by atoms with Crippen LogP contribution < -0.4 is 10.1 Å². The number of carboxylic acid groups (broad SMARTS) is 1. The highest BCUT2D eigenvalue weighted by Gasteiger charge is 2.35. The molecule has 0 spiro atoms. The first-order chi connectivity index (χ1) is 8.48. The molecule has 0 fully saturated rings. The Hall–Kier alpha value is -1.75. The van der Waals surface area contributed by atoms with Crippen molar-refractivity contribution in [2.24, 2.45) is 0 Å². The molecule has 5 nitrogen and oxygen atoms in total. The molecule has 0 aromatic heterocycles. The number of para-hydroxylation sites is 1. The monoisotopic (exact) mass is 271 g/mol. The van der Waals surface area contributed by atoms with Gasteiger partial charge in [-0.2, -0.15) is 0 Å². The van der Waals surface area contributed by atoms with Gasteiger partial charge in [0.25, 0.3) is 0 Å². The van der Waals surface area contributed by atoms with Gasteiger partial charge in [-0.1, -0.05) is 18.2 Å². The third-order valence-corrected chi connectivity index (χ3v) is 2.52. The molecule has 0 aliphatic rings. The largest absolute Gasteiger partial charge is 0.491 e. The van der Waals surface area contributed by atoms with Crippen LogP contribution in [0.4, 0.5) is 0 Å². The normalized spacial score (nSPS) is 13.4. The first kappa shape index (κ1) is 14.3. The zero-order chi connectivity index (χ0) is 13.6. The molecule has 1 aromatic carbocycles. The second kappa shape index (κ2) is 6.26. The van der Waals surface area contributed by atoms with Crippen molar-refractivity contribution in [3.63, 3.8) is 0 Å². The molecule has 0 bridgehead atoms. The molecular weight excluding hydrogens is 258 g/mol. The maximum Gasteiger partial charge on any atom is 0.332 e. The lowest BCUT2D eigenvalue weighted by Crippen LogP contribution is -2.56. The number of nitrogens with one attached hydrogen (secondary N) is 1. The van der Waals surface area contributed by atoms with Crippen molar-refractivity contribution in [1.29, 1.82) is 0 Å². The Balaban J connectivity index is 2.68. The van der Waals surface area contributed by atoms with Gasteiger partial charge in [-0.05, 0) is 19.1 Å². The van der Waals surface area contributed by atoms with Gasteiger partial charge in [-0.15, -0.1) is 11.6 Å². The minimum absolute atomic E-state index is 0.186. The molecule has 1 rings (SSSR count). The molecule has 0 aliphatic carbocycles. The molecule has 6 heteroatoms. The molecule has 1 unspecified atom stereocenters. The quantitative estimate of drug-likeness (QED) is 0.764. The summed E-state index contributed by atoms with van der Waals surface area (Å²) in [7, 11) is 0. The number of alkyl halides is 1. The van der Waals surface area contributed by atoms with Crippen LogP contribution in [0.2, 0.25) is 0 Å². The van der Waals surface area contributed by atoms with E-state index >= 15 is 0 Å².